The molecule has 0 heterocycles. The van der Waals surface area contributed by atoms with Crippen molar-refractivity contribution in [3.05, 3.63) is 65.2 Å². The van der Waals surface area contributed by atoms with E-state index in [1.54, 1.807) is 12.1 Å². The quantitative estimate of drug-likeness (QED) is 0.483. The maximum Gasteiger partial charge on any atom is 0.319 e. The second-order valence-corrected chi connectivity index (χ2v) is 5.98. The number of benzene rings is 2. The SMILES string of the molecule is CC(C)C(NC(=O)Nc1c(F)cccc1F)c1ccc(C(=O)NO)cc1. The summed E-state index contributed by atoms with van der Waals surface area (Å²) < 4.78 is 27.3. The number of carbonyl (C=O) groups excluding carboxylic acids is 2. The second-order valence-electron chi connectivity index (χ2n) is 5.98. The van der Waals surface area contributed by atoms with Gasteiger partial charge in [0.25, 0.3) is 5.91 Å². The molecule has 4 N–H and O–H groups in total. The highest BCUT2D eigenvalue weighted by Gasteiger charge is 2.20. The van der Waals surface area contributed by atoms with E-state index in [4.69, 9.17) is 5.21 Å². The standard InChI is InChI=1S/C18H19F2N3O3/c1-10(2)15(11-6-8-12(9-7-11)17(24)23-26)21-18(25)22-16-13(19)4-3-5-14(16)20/h3-10,15,26H,1-2H3,(H,23,24)(H2,21,22,25). The van der Waals surface area contributed by atoms with Crippen LogP contribution in [0.2, 0.25) is 0 Å². The normalized spacial score (nSPS) is 11.8. The van der Waals surface area contributed by atoms with Gasteiger partial charge in [-0.1, -0.05) is 32.0 Å². The summed E-state index contributed by atoms with van der Waals surface area (Å²) in [5.74, 6) is -2.44. The Labute approximate surface area is 149 Å². The number of halogens is 2. The van der Waals surface area contributed by atoms with Crippen LogP contribution in [0.5, 0.6) is 0 Å². The van der Waals surface area contributed by atoms with E-state index in [0.717, 1.165) is 12.1 Å². The molecule has 0 aliphatic heterocycles. The van der Waals surface area contributed by atoms with Crippen molar-refractivity contribution in [2.75, 3.05) is 5.32 Å². The summed E-state index contributed by atoms with van der Waals surface area (Å²) in [6.45, 7) is 3.73. The van der Waals surface area contributed by atoms with Crippen molar-refractivity contribution >= 4 is 17.6 Å². The molecule has 26 heavy (non-hydrogen) atoms. The lowest BCUT2D eigenvalue weighted by atomic mass is 9.95. The van der Waals surface area contributed by atoms with Crippen molar-refractivity contribution in [2.45, 2.75) is 19.9 Å². The Morgan fingerprint density at radius 3 is 2.08 bits per heavy atom. The first-order chi connectivity index (χ1) is 12.3. The number of hydrogen-bond donors (Lipinski definition) is 4. The van der Waals surface area contributed by atoms with Gasteiger partial charge < -0.3 is 10.6 Å². The molecule has 0 aromatic heterocycles. The van der Waals surface area contributed by atoms with Crippen LogP contribution in [0.4, 0.5) is 19.3 Å². The lowest BCUT2D eigenvalue weighted by Crippen LogP contribution is -2.35. The van der Waals surface area contributed by atoms with E-state index in [-0.39, 0.29) is 11.5 Å². The molecule has 0 aliphatic carbocycles. The minimum Gasteiger partial charge on any atom is -0.331 e. The molecular weight excluding hydrogens is 344 g/mol. The number of rotatable bonds is 5. The maximum atomic E-state index is 13.6. The fourth-order valence-corrected chi connectivity index (χ4v) is 2.45. The minimum absolute atomic E-state index is 0.0382. The molecule has 0 fully saturated rings. The van der Waals surface area contributed by atoms with Crippen molar-refractivity contribution in [1.82, 2.24) is 10.8 Å². The number of hydrogen-bond acceptors (Lipinski definition) is 3. The molecule has 8 heteroatoms. The monoisotopic (exact) mass is 363 g/mol. The van der Waals surface area contributed by atoms with Gasteiger partial charge >= 0.3 is 6.03 Å². The predicted molar refractivity (Wildman–Crippen MR) is 91.8 cm³/mol. The number of carbonyl (C=O) groups is 2. The first kappa shape index (κ1) is 19.3. The topological polar surface area (TPSA) is 90.5 Å². The van der Waals surface area contributed by atoms with Gasteiger partial charge in [0.15, 0.2) is 0 Å². The average Bonchev–Trinajstić information content (AvgIpc) is 2.62. The van der Waals surface area contributed by atoms with Crippen LogP contribution in [0, 0.1) is 17.6 Å². The molecule has 138 valence electrons. The lowest BCUT2D eigenvalue weighted by Gasteiger charge is -2.23. The molecule has 3 amide bonds. The molecule has 2 rings (SSSR count). The zero-order valence-corrected chi connectivity index (χ0v) is 14.2. The van der Waals surface area contributed by atoms with Gasteiger partial charge in [-0.15, -0.1) is 0 Å². The van der Waals surface area contributed by atoms with Gasteiger partial charge in [0, 0.05) is 5.56 Å². The Balaban J connectivity index is 2.15. The lowest BCUT2D eigenvalue weighted by molar-refractivity contribution is 0.0706. The van der Waals surface area contributed by atoms with Crippen LogP contribution in [0.15, 0.2) is 42.5 Å². The van der Waals surface area contributed by atoms with E-state index in [9.17, 15) is 18.4 Å². The van der Waals surface area contributed by atoms with Crippen LogP contribution < -0.4 is 16.1 Å². The van der Waals surface area contributed by atoms with Gasteiger partial charge in [0.1, 0.15) is 17.3 Å². The zero-order chi connectivity index (χ0) is 19.3. The fourth-order valence-electron chi connectivity index (χ4n) is 2.45. The highest BCUT2D eigenvalue weighted by molar-refractivity contribution is 5.93. The molecule has 0 bridgehead atoms. The molecular formula is C18H19F2N3O3. The van der Waals surface area contributed by atoms with Crippen LogP contribution in [-0.4, -0.2) is 17.1 Å². The summed E-state index contributed by atoms with van der Waals surface area (Å²) in [7, 11) is 0. The number of para-hydroxylation sites is 1. The van der Waals surface area contributed by atoms with Gasteiger partial charge in [-0.2, -0.15) is 0 Å². The molecule has 0 radical (unpaired) electrons. The molecule has 0 aliphatic rings. The molecule has 1 unspecified atom stereocenters. The van der Waals surface area contributed by atoms with E-state index in [2.05, 4.69) is 10.6 Å². The fraction of sp³-hybridized carbons (Fsp3) is 0.222. The van der Waals surface area contributed by atoms with Gasteiger partial charge in [0.05, 0.1) is 6.04 Å². The molecule has 0 spiro atoms. The third kappa shape index (κ3) is 4.54. The van der Waals surface area contributed by atoms with E-state index in [1.807, 2.05) is 13.8 Å². The van der Waals surface area contributed by atoms with Crippen LogP contribution in [-0.2, 0) is 0 Å². The van der Waals surface area contributed by atoms with Crippen LogP contribution >= 0.6 is 0 Å². The largest absolute Gasteiger partial charge is 0.331 e. The van der Waals surface area contributed by atoms with Crippen LogP contribution in [0.3, 0.4) is 0 Å². The van der Waals surface area contributed by atoms with E-state index < -0.39 is 35.3 Å². The summed E-state index contributed by atoms with van der Waals surface area (Å²) >= 11 is 0. The molecule has 2 aromatic rings. The summed E-state index contributed by atoms with van der Waals surface area (Å²) in [4.78, 5) is 23.5. The van der Waals surface area contributed by atoms with Crippen molar-refractivity contribution < 1.29 is 23.6 Å². The van der Waals surface area contributed by atoms with Gasteiger partial charge in [-0.05, 0) is 35.7 Å². The Kier molecular flexibility index (Phi) is 6.24. The van der Waals surface area contributed by atoms with Crippen molar-refractivity contribution in [2.24, 2.45) is 5.92 Å². The number of amides is 3. The first-order valence-electron chi connectivity index (χ1n) is 7.89. The Morgan fingerprint density at radius 1 is 1.00 bits per heavy atom. The van der Waals surface area contributed by atoms with E-state index in [1.165, 1.54) is 23.7 Å². The summed E-state index contributed by atoms with van der Waals surface area (Å²) in [5, 5.41) is 13.5. The van der Waals surface area contributed by atoms with E-state index in [0.29, 0.717) is 5.56 Å². The second kappa shape index (κ2) is 8.39. The highest BCUT2D eigenvalue weighted by atomic mass is 19.1. The summed E-state index contributed by atoms with van der Waals surface area (Å²) in [6.07, 6.45) is 0. The van der Waals surface area contributed by atoms with Crippen molar-refractivity contribution in [3.8, 4) is 0 Å². The van der Waals surface area contributed by atoms with Gasteiger partial charge in [-0.25, -0.2) is 19.1 Å². The molecule has 0 saturated carbocycles. The predicted octanol–water partition coefficient (Wildman–Crippen LogP) is 3.60. The number of nitrogens with one attached hydrogen (secondary N) is 3. The van der Waals surface area contributed by atoms with Crippen LogP contribution in [0.25, 0.3) is 0 Å². The summed E-state index contributed by atoms with van der Waals surface area (Å²) in [6, 6.07) is 8.31. The average molecular weight is 363 g/mol. The Hall–Kier alpha value is -3.00. The minimum atomic E-state index is -0.874. The van der Waals surface area contributed by atoms with Gasteiger partial charge in [0.2, 0.25) is 0 Å². The molecule has 0 saturated heterocycles. The summed E-state index contributed by atoms with van der Waals surface area (Å²) in [5.41, 5.74) is 1.95. The third-order valence-electron chi connectivity index (χ3n) is 3.79. The third-order valence-corrected chi connectivity index (χ3v) is 3.79. The smallest absolute Gasteiger partial charge is 0.319 e. The van der Waals surface area contributed by atoms with Crippen molar-refractivity contribution in [1.29, 1.82) is 0 Å². The van der Waals surface area contributed by atoms with Crippen LogP contribution in [0.1, 0.15) is 35.8 Å². The molecule has 2 aromatic carbocycles. The Bertz CT molecular complexity index is 775. The highest BCUT2D eigenvalue weighted by Crippen LogP contribution is 2.23. The number of anilines is 1. The zero-order valence-electron chi connectivity index (χ0n) is 14.2. The first-order valence-corrected chi connectivity index (χ1v) is 7.89. The van der Waals surface area contributed by atoms with Gasteiger partial charge in [-0.3, -0.25) is 10.0 Å². The number of hydroxylamine groups is 1. The Morgan fingerprint density at radius 2 is 1.58 bits per heavy atom. The number of urea groups is 1. The molecule has 1 atom stereocenters. The van der Waals surface area contributed by atoms with Crippen molar-refractivity contribution in [3.63, 3.8) is 0 Å². The molecule has 6 nitrogen and oxygen atoms in total. The maximum absolute atomic E-state index is 13.6. The van der Waals surface area contributed by atoms with E-state index >= 15 is 0 Å².